The van der Waals surface area contributed by atoms with Crippen molar-refractivity contribution < 1.29 is 9.15 Å². The van der Waals surface area contributed by atoms with Crippen molar-refractivity contribution in [3.05, 3.63) is 54.3 Å². The molecule has 6 heteroatoms. The van der Waals surface area contributed by atoms with Crippen LogP contribution in [0, 0.1) is 0 Å². The van der Waals surface area contributed by atoms with E-state index in [1.165, 1.54) is 5.56 Å². The molecule has 0 amide bonds. The SMILES string of the molecule is CC(C)OCCSc1nnc(-c2ccco2)n1Cc1ccccc1. The van der Waals surface area contributed by atoms with Crippen LogP contribution in [0.5, 0.6) is 0 Å². The van der Waals surface area contributed by atoms with Crippen LogP contribution in [-0.4, -0.2) is 33.2 Å². The summed E-state index contributed by atoms with van der Waals surface area (Å²) >= 11 is 1.65. The predicted molar refractivity (Wildman–Crippen MR) is 95.1 cm³/mol. The van der Waals surface area contributed by atoms with Gasteiger partial charge in [0.25, 0.3) is 0 Å². The van der Waals surface area contributed by atoms with Crippen LogP contribution in [0.4, 0.5) is 0 Å². The number of thioether (sulfide) groups is 1. The third-order valence-corrected chi connectivity index (χ3v) is 4.34. The normalized spacial score (nSPS) is 11.3. The molecule has 0 aliphatic heterocycles. The third kappa shape index (κ3) is 4.27. The highest BCUT2D eigenvalue weighted by molar-refractivity contribution is 7.99. The van der Waals surface area contributed by atoms with E-state index in [2.05, 4.69) is 26.9 Å². The monoisotopic (exact) mass is 343 g/mol. The van der Waals surface area contributed by atoms with Crippen LogP contribution in [-0.2, 0) is 11.3 Å². The first-order chi connectivity index (χ1) is 11.7. The van der Waals surface area contributed by atoms with Gasteiger partial charge < -0.3 is 9.15 Å². The molecule has 2 heterocycles. The van der Waals surface area contributed by atoms with Crippen molar-refractivity contribution in [2.45, 2.75) is 31.7 Å². The molecule has 0 N–H and O–H groups in total. The van der Waals surface area contributed by atoms with Gasteiger partial charge in [-0.2, -0.15) is 0 Å². The maximum absolute atomic E-state index is 5.60. The highest BCUT2D eigenvalue weighted by Gasteiger charge is 2.16. The average Bonchev–Trinajstić information content (AvgIpc) is 3.22. The molecule has 0 unspecified atom stereocenters. The van der Waals surface area contributed by atoms with Gasteiger partial charge in [0.05, 0.1) is 25.5 Å². The van der Waals surface area contributed by atoms with Crippen LogP contribution in [0.25, 0.3) is 11.6 Å². The number of furan rings is 1. The van der Waals surface area contributed by atoms with Gasteiger partial charge in [0.2, 0.25) is 5.82 Å². The van der Waals surface area contributed by atoms with Gasteiger partial charge in [-0.15, -0.1) is 10.2 Å². The molecule has 24 heavy (non-hydrogen) atoms. The topological polar surface area (TPSA) is 53.1 Å². The zero-order valence-corrected chi connectivity index (χ0v) is 14.7. The summed E-state index contributed by atoms with van der Waals surface area (Å²) in [7, 11) is 0. The Labute approximate surface area is 146 Å². The average molecular weight is 343 g/mol. The number of aromatic nitrogens is 3. The quantitative estimate of drug-likeness (QED) is 0.455. The highest BCUT2D eigenvalue weighted by Crippen LogP contribution is 2.25. The summed E-state index contributed by atoms with van der Waals surface area (Å²) in [6.45, 7) is 5.48. The van der Waals surface area contributed by atoms with Gasteiger partial charge in [0.1, 0.15) is 0 Å². The Morgan fingerprint density at radius 3 is 2.67 bits per heavy atom. The molecule has 5 nitrogen and oxygen atoms in total. The van der Waals surface area contributed by atoms with Gasteiger partial charge in [-0.1, -0.05) is 42.1 Å². The number of ether oxygens (including phenoxy) is 1. The van der Waals surface area contributed by atoms with E-state index in [4.69, 9.17) is 9.15 Å². The smallest absolute Gasteiger partial charge is 0.200 e. The molecule has 126 valence electrons. The Hall–Kier alpha value is -2.05. The van der Waals surface area contributed by atoms with Crippen molar-refractivity contribution in [1.29, 1.82) is 0 Å². The second-order valence-electron chi connectivity index (χ2n) is 5.62. The van der Waals surface area contributed by atoms with Crippen LogP contribution in [0.3, 0.4) is 0 Å². The first kappa shape index (κ1) is 16.8. The molecule has 3 aromatic rings. The van der Waals surface area contributed by atoms with Crippen molar-refractivity contribution in [2.75, 3.05) is 12.4 Å². The van der Waals surface area contributed by atoms with E-state index in [-0.39, 0.29) is 6.10 Å². The standard InChI is InChI=1S/C18H21N3O2S/c1-14(2)22-11-12-24-18-20-19-17(16-9-6-10-23-16)21(18)13-15-7-4-3-5-8-15/h3-10,14H,11-13H2,1-2H3. The summed E-state index contributed by atoms with van der Waals surface area (Å²) in [5, 5.41) is 9.54. The Morgan fingerprint density at radius 2 is 1.96 bits per heavy atom. The van der Waals surface area contributed by atoms with Gasteiger partial charge in [0.15, 0.2) is 10.9 Å². The third-order valence-electron chi connectivity index (χ3n) is 3.41. The predicted octanol–water partition coefficient (Wildman–Crippen LogP) is 4.10. The minimum Gasteiger partial charge on any atom is -0.461 e. The fourth-order valence-corrected chi connectivity index (χ4v) is 3.08. The van der Waals surface area contributed by atoms with Crippen molar-refractivity contribution in [1.82, 2.24) is 14.8 Å². The molecule has 0 fully saturated rings. The molecule has 0 aliphatic rings. The summed E-state index contributed by atoms with van der Waals surface area (Å²) in [4.78, 5) is 0. The summed E-state index contributed by atoms with van der Waals surface area (Å²) in [6.07, 6.45) is 1.90. The van der Waals surface area contributed by atoms with Crippen LogP contribution in [0.1, 0.15) is 19.4 Å². The van der Waals surface area contributed by atoms with Crippen molar-refractivity contribution >= 4 is 11.8 Å². The Bertz CT molecular complexity index is 739. The zero-order chi connectivity index (χ0) is 16.8. The van der Waals surface area contributed by atoms with Gasteiger partial charge in [-0.3, -0.25) is 4.57 Å². The van der Waals surface area contributed by atoms with Crippen LogP contribution >= 0.6 is 11.8 Å². The van der Waals surface area contributed by atoms with Crippen LogP contribution in [0.15, 0.2) is 58.3 Å². The summed E-state index contributed by atoms with van der Waals surface area (Å²) < 4.78 is 13.2. The van der Waals surface area contributed by atoms with E-state index in [0.717, 1.165) is 22.5 Å². The van der Waals surface area contributed by atoms with Crippen molar-refractivity contribution in [3.8, 4) is 11.6 Å². The fourth-order valence-electron chi connectivity index (χ4n) is 2.31. The van der Waals surface area contributed by atoms with E-state index in [1.54, 1.807) is 18.0 Å². The lowest BCUT2D eigenvalue weighted by atomic mass is 10.2. The second-order valence-corrected chi connectivity index (χ2v) is 6.69. The highest BCUT2D eigenvalue weighted by atomic mass is 32.2. The molecular weight excluding hydrogens is 322 g/mol. The summed E-state index contributed by atoms with van der Waals surface area (Å²) in [5.41, 5.74) is 1.20. The Balaban J connectivity index is 1.80. The molecule has 0 bridgehead atoms. The number of nitrogens with zero attached hydrogens (tertiary/aromatic N) is 3. The number of hydrogen-bond donors (Lipinski definition) is 0. The molecule has 0 atom stereocenters. The number of benzene rings is 1. The molecular formula is C18H21N3O2S. The first-order valence-corrected chi connectivity index (χ1v) is 8.98. The van der Waals surface area contributed by atoms with E-state index < -0.39 is 0 Å². The first-order valence-electron chi connectivity index (χ1n) is 7.99. The molecule has 0 saturated heterocycles. The van der Waals surface area contributed by atoms with Crippen LogP contribution in [0.2, 0.25) is 0 Å². The summed E-state index contributed by atoms with van der Waals surface area (Å²) in [6, 6.07) is 14.1. The number of hydrogen-bond acceptors (Lipinski definition) is 5. The molecule has 0 spiro atoms. The largest absolute Gasteiger partial charge is 0.461 e. The molecule has 0 aliphatic carbocycles. The fraction of sp³-hybridized carbons (Fsp3) is 0.333. The second kappa shape index (κ2) is 8.17. The lowest BCUT2D eigenvalue weighted by Gasteiger charge is -2.10. The van der Waals surface area contributed by atoms with E-state index in [0.29, 0.717) is 13.2 Å². The lowest BCUT2D eigenvalue weighted by molar-refractivity contribution is 0.0920. The maximum atomic E-state index is 5.60. The molecule has 1 aromatic carbocycles. The van der Waals surface area contributed by atoms with E-state index >= 15 is 0 Å². The van der Waals surface area contributed by atoms with E-state index in [1.807, 2.05) is 44.2 Å². The van der Waals surface area contributed by atoms with Crippen molar-refractivity contribution in [2.24, 2.45) is 0 Å². The van der Waals surface area contributed by atoms with E-state index in [9.17, 15) is 0 Å². The minimum absolute atomic E-state index is 0.242. The summed E-state index contributed by atoms with van der Waals surface area (Å²) in [5.74, 6) is 2.31. The lowest BCUT2D eigenvalue weighted by Crippen LogP contribution is -2.07. The maximum Gasteiger partial charge on any atom is 0.200 e. The van der Waals surface area contributed by atoms with Gasteiger partial charge >= 0.3 is 0 Å². The van der Waals surface area contributed by atoms with Gasteiger partial charge in [-0.05, 0) is 31.5 Å². The van der Waals surface area contributed by atoms with Gasteiger partial charge in [0, 0.05) is 5.75 Å². The minimum atomic E-state index is 0.242. The number of rotatable bonds is 8. The van der Waals surface area contributed by atoms with Crippen molar-refractivity contribution in [3.63, 3.8) is 0 Å². The van der Waals surface area contributed by atoms with Crippen LogP contribution < -0.4 is 0 Å². The molecule has 0 radical (unpaired) electrons. The Morgan fingerprint density at radius 1 is 1.12 bits per heavy atom. The molecule has 0 saturated carbocycles. The molecule has 3 rings (SSSR count). The Kier molecular flexibility index (Phi) is 5.72. The zero-order valence-electron chi connectivity index (χ0n) is 13.9. The molecule has 2 aromatic heterocycles. The van der Waals surface area contributed by atoms with Gasteiger partial charge in [-0.25, -0.2) is 0 Å².